The summed E-state index contributed by atoms with van der Waals surface area (Å²) >= 11 is 0. The minimum Gasteiger partial charge on any atom is -0.470 e. The number of hydrogen-bond donors (Lipinski definition) is 0. The lowest BCUT2D eigenvalue weighted by Gasteiger charge is -2.17. The predicted octanol–water partition coefficient (Wildman–Crippen LogP) is 2.67. The minimum atomic E-state index is -0.514. The molecule has 7 nitrogen and oxygen atoms in total. The zero-order valence-electron chi connectivity index (χ0n) is 14.8. The van der Waals surface area contributed by atoms with Crippen LogP contribution in [-0.2, 0) is 19.0 Å². The van der Waals surface area contributed by atoms with Crippen molar-refractivity contribution >= 4 is 5.97 Å². The second kappa shape index (κ2) is 9.52. The summed E-state index contributed by atoms with van der Waals surface area (Å²) < 4.78 is 26.6. The fourth-order valence-corrected chi connectivity index (χ4v) is 2.23. The van der Waals surface area contributed by atoms with E-state index in [9.17, 15) is 4.79 Å². The molecule has 23 heavy (non-hydrogen) atoms. The molecule has 0 aliphatic heterocycles. The molecule has 1 aromatic rings. The van der Waals surface area contributed by atoms with Crippen molar-refractivity contribution in [3.63, 3.8) is 0 Å². The Bertz CT molecular complexity index is 479. The maximum absolute atomic E-state index is 12.0. The third-order valence-electron chi connectivity index (χ3n) is 3.38. The standard InChI is InChI=1S/C16H27NO6/c1-7-20-12(21-8-2)9-22-15-11(5)14(23-17-15)13(10(3)4)16(18)19-6/h10,12-13H,7-9H2,1-6H3. The van der Waals surface area contributed by atoms with Gasteiger partial charge in [-0.1, -0.05) is 13.8 Å². The average Bonchev–Trinajstić information content (AvgIpc) is 2.86. The Balaban J connectivity index is 2.84. The van der Waals surface area contributed by atoms with Gasteiger partial charge in [0.05, 0.1) is 12.7 Å². The molecule has 0 aromatic carbocycles. The van der Waals surface area contributed by atoms with Gasteiger partial charge in [0.25, 0.3) is 5.88 Å². The number of carbonyl (C=O) groups is 1. The fraction of sp³-hybridized carbons (Fsp3) is 0.750. The first kappa shape index (κ1) is 19.4. The molecule has 0 radical (unpaired) electrons. The third kappa shape index (κ3) is 5.21. The summed E-state index contributed by atoms with van der Waals surface area (Å²) in [6.07, 6.45) is -0.467. The molecule has 0 aliphatic rings. The number of nitrogens with zero attached hydrogens (tertiary/aromatic N) is 1. The molecule has 0 bridgehead atoms. The highest BCUT2D eigenvalue weighted by atomic mass is 16.7. The molecular formula is C16H27NO6. The predicted molar refractivity (Wildman–Crippen MR) is 83.4 cm³/mol. The molecule has 0 aliphatic carbocycles. The first-order valence-corrected chi connectivity index (χ1v) is 7.86. The summed E-state index contributed by atoms with van der Waals surface area (Å²) in [7, 11) is 1.36. The maximum Gasteiger partial charge on any atom is 0.316 e. The van der Waals surface area contributed by atoms with Crippen molar-refractivity contribution in [3.8, 4) is 5.88 Å². The van der Waals surface area contributed by atoms with Crippen molar-refractivity contribution in [2.45, 2.75) is 46.8 Å². The smallest absolute Gasteiger partial charge is 0.316 e. The monoisotopic (exact) mass is 329 g/mol. The van der Waals surface area contributed by atoms with Crippen LogP contribution in [0.1, 0.15) is 44.9 Å². The second-order valence-corrected chi connectivity index (χ2v) is 5.37. The molecule has 0 fully saturated rings. The van der Waals surface area contributed by atoms with Gasteiger partial charge < -0.3 is 23.5 Å². The molecule has 0 amide bonds. The van der Waals surface area contributed by atoms with Crippen LogP contribution in [0, 0.1) is 12.8 Å². The van der Waals surface area contributed by atoms with Gasteiger partial charge in [-0.15, -0.1) is 0 Å². The van der Waals surface area contributed by atoms with Gasteiger partial charge in [-0.25, -0.2) is 0 Å². The van der Waals surface area contributed by atoms with Crippen molar-refractivity contribution in [1.29, 1.82) is 0 Å². The van der Waals surface area contributed by atoms with Crippen molar-refractivity contribution in [2.24, 2.45) is 5.92 Å². The van der Waals surface area contributed by atoms with Crippen molar-refractivity contribution < 1.29 is 28.3 Å². The molecule has 0 saturated heterocycles. The Morgan fingerprint density at radius 2 is 1.83 bits per heavy atom. The van der Waals surface area contributed by atoms with Crippen molar-refractivity contribution in [1.82, 2.24) is 5.16 Å². The van der Waals surface area contributed by atoms with E-state index in [2.05, 4.69) is 5.16 Å². The van der Waals surface area contributed by atoms with Gasteiger partial charge in [0.1, 0.15) is 12.5 Å². The highest BCUT2D eigenvalue weighted by Crippen LogP contribution is 2.32. The second-order valence-electron chi connectivity index (χ2n) is 5.37. The van der Waals surface area contributed by atoms with E-state index < -0.39 is 12.2 Å². The van der Waals surface area contributed by atoms with Gasteiger partial charge in [-0.05, 0) is 31.8 Å². The molecule has 1 aromatic heterocycles. The highest BCUT2D eigenvalue weighted by molar-refractivity contribution is 5.78. The first-order chi connectivity index (χ1) is 11.0. The fourth-order valence-electron chi connectivity index (χ4n) is 2.23. The topological polar surface area (TPSA) is 80.0 Å². The molecular weight excluding hydrogens is 302 g/mol. The Morgan fingerprint density at radius 1 is 1.22 bits per heavy atom. The van der Waals surface area contributed by atoms with E-state index in [4.69, 9.17) is 23.5 Å². The first-order valence-electron chi connectivity index (χ1n) is 7.86. The molecule has 0 saturated carbocycles. The van der Waals surface area contributed by atoms with Gasteiger partial charge in [0, 0.05) is 13.2 Å². The van der Waals surface area contributed by atoms with Crippen LogP contribution in [-0.4, -0.2) is 44.3 Å². The van der Waals surface area contributed by atoms with E-state index in [1.165, 1.54) is 7.11 Å². The number of carbonyl (C=O) groups excluding carboxylic acids is 1. The third-order valence-corrected chi connectivity index (χ3v) is 3.38. The molecule has 1 unspecified atom stereocenters. The van der Waals surface area contributed by atoms with Crippen LogP contribution in [0.15, 0.2) is 4.52 Å². The van der Waals surface area contributed by atoms with E-state index in [-0.39, 0.29) is 18.5 Å². The zero-order chi connectivity index (χ0) is 17.4. The van der Waals surface area contributed by atoms with Crippen LogP contribution in [0.2, 0.25) is 0 Å². The number of ether oxygens (including phenoxy) is 4. The van der Waals surface area contributed by atoms with E-state index in [1.54, 1.807) is 6.92 Å². The van der Waals surface area contributed by atoms with Crippen molar-refractivity contribution in [3.05, 3.63) is 11.3 Å². The highest BCUT2D eigenvalue weighted by Gasteiger charge is 2.32. The van der Waals surface area contributed by atoms with Crippen LogP contribution < -0.4 is 4.74 Å². The molecule has 1 heterocycles. The average molecular weight is 329 g/mol. The van der Waals surface area contributed by atoms with Gasteiger partial charge in [0.2, 0.25) is 0 Å². The molecule has 7 heteroatoms. The van der Waals surface area contributed by atoms with Crippen LogP contribution in [0.25, 0.3) is 0 Å². The van der Waals surface area contributed by atoms with E-state index in [0.29, 0.717) is 30.4 Å². The quantitative estimate of drug-likeness (QED) is 0.482. The Morgan fingerprint density at radius 3 is 2.30 bits per heavy atom. The van der Waals surface area contributed by atoms with Crippen LogP contribution in [0.3, 0.4) is 0 Å². The summed E-state index contributed by atoms with van der Waals surface area (Å²) in [6.45, 7) is 10.7. The SMILES string of the molecule is CCOC(COc1noc(C(C(=O)OC)C(C)C)c1C)OCC. The van der Waals surface area contributed by atoms with Gasteiger partial charge in [-0.3, -0.25) is 4.79 Å². The largest absolute Gasteiger partial charge is 0.470 e. The van der Waals surface area contributed by atoms with E-state index in [1.807, 2.05) is 27.7 Å². The zero-order valence-corrected chi connectivity index (χ0v) is 14.8. The summed E-state index contributed by atoms with van der Waals surface area (Å²) in [4.78, 5) is 12.0. The van der Waals surface area contributed by atoms with E-state index in [0.717, 1.165) is 0 Å². The number of rotatable bonds is 10. The van der Waals surface area contributed by atoms with Crippen LogP contribution in [0.4, 0.5) is 0 Å². The van der Waals surface area contributed by atoms with Gasteiger partial charge >= 0.3 is 5.97 Å². The van der Waals surface area contributed by atoms with Crippen LogP contribution >= 0.6 is 0 Å². The maximum atomic E-state index is 12.0. The molecule has 0 N–H and O–H groups in total. The number of aromatic nitrogens is 1. The van der Waals surface area contributed by atoms with E-state index >= 15 is 0 Å². The normalized spacial score (nSPS) is 12.7. The number of hydrogen-bond acceptors (Lipinski definition) is 7. The minimum absolute atomic E-state index is 0.0153. The summed E-state index contributed by atoms with van der Waals surface area (Å²) in [5.41, 5.74) is 0.681. The van der Waals surface area contributed by atoms with Crippen LogP contribution in [0.5, 0.6) is 5.88 Å². The Kier molecular flexibility index (Phi) is 8.05. The molecule has 132 valence electrons. The van der Waals surface area contributed by atoms with Crippen molar-refractivity contribution in [2.75, 3.05) is 26.9 Å². The molecule has 1 atom stereocenters. The number of methoxy groups -OCH3 is 1. The summed E-state index contributed by atoms with van der Waals surface area (Å²) in [5.74, 6) is -0.0570. The van der Waals surface area contributed by atoms with Gasteiger partial charge in [0.15, 0.2) is 12.1 Å². The summed E-state index contributed by atoms with van der Waals surface area (Å²) in [6, 6.07) is 0. The number of esters is 1. The Hall–Kier alpha value is -1.60. The summed E-state index contributed by atoms with van der Waals surface area (Å²) in [5, 5.41) is 3.91. The molecule has 0 spiro atoms. The lowest BCUT2D eigenvalue weighted by Crippen LogP contribution is -2.25. The lowest BCUT2D eigenvalue weighted by atomic mass is 9.91. The lowest BCUT2D eigenvalue weighted by molar-refractivity contribution is -0.153. The Labute approximate surface area is 137 Å². The molecule has 1 rings (SSSR count). The van der Waals surface area contributed by atoms with Gasteiger partial charge in [-0.2, -0.15) is 0 Å².